The van der Waals surface area contributed by atoms with Gasteiger partial charge < -0.3 is 10.4 Å². The Morgan fingerprint density at radius 1 is 1.00 bits per heavy atom. The molecular weight excluding hydrogens is 433 g/mol. The van der Waals surface area contributed by atoms with Gasteiger partial charge in [-0.15, -0.1) is 10.2 Å². The second kappa shape index (κ2) is 8.02. The van der Waals surface area contributed by atoms with E-state index in [0.29, 0.717) is 23.3 Å². The Labute approximate surface area is 190 Å². The van der Waals surface area contributed by atoms with Crippen LogP contribution in [0.25, 0.3) is 22.4 Å². The molecule has 1 aliphatic rings. The monoisotopic (exact) mass is 460 g/mol. The van der Waals surface area contributed by atoms with Crippen molar-refractivity contribution in [3.8, 4) is 28.1 Å². The Hall–Kier alpha value is -3.14. The number of nitrogens with one attached hydrogen (secondary N) is 2. The summed E-state index contributed by atoms with van der Waals surface area (Å²) in [5, 5.41) is 28.4. The van der Waals surface area contributed by atoms with Crippen molar-refractivity contribution < 1.29 is 18.3 Å². The largest absolute Gasteiger partial charge is 0.507 e. The summed E-state index contributed by atoms with van der Waals surface area (Å²) >= 11 is 0. The zero-order chi connectivity index (χ0) is 24.0. The van der Waals surface area contributed by atoms with Crippen LogP contribution >= 0.6 is 0 Å². The normalized spacial score (nSPS) is 18.3. The first-order valence-electron chi connectivity index (χ1n) is 10.7. The van der Waals surface area contributed by atoms with Gasteiger partial charge in [0.25, 0.3) is 0 Å². The minimum atomic E-state index is -4.61. The summed E-state index contributed by atoms with van der Waals surface area (Å²) in [7, 11) is 0. The number of nitrogens with zero attached hydrogens (tertiary/aromatic N) is 4. The van der Waals surface area contributed by atoms with Crippen LogP contribution in [0.2, 0.25) is 0 Å². The molecule has 2 aromatic heterocycles. The Bertz CT molecular complexity index is 1090. The molecule has 4 rings (SSSR count). The van der Waals surface area contributed by atoms with Gasteiger partial charge in [-0.3, -0.25) is 10.00 Å². The average molecular weight is 461 g/mol. The van der Waals surface area contributed by atoms with Gasteiger partial charge in [0.05, 0.1) is 11.9 Å². The number of hydrogen-bond acceptors (Lipinski definition) is 6. The quantitative estimate of drug-likeness (QED) is 0.481. The fourth-order valence-electron chi connectivity index (χ4n) is 4.91. The van der Waals surface area contributed by atoms with Crippen molar-refractivity contribution in [3.05, 3.63) is 42.7 Å². The highest BCUT2D eigenvalue weighted by Gasteiger charge is 2.49. The predicted molar refractivity (Wildman–Crippen MR) is 120 cm³/mol. The van der Waals surface area contributed by atoms with Crippen LogP contribution < -0.4 is 10.2 Å². The van der Waals surface area contributed by atoms with Gasteiger partial charge in [-0.1, -0.05) is 6.07 Å². The van der Waals surface area contributed by atoms with E-state index in [1.54, 1.807) is 30.6 Å². The van der Waals surface area contributed by atoms with Gasteiger partial charge in [0, 0.05) is 34.4 Å². The molecule has 33 heavy (non-hydrogen) atoms. The van der Waals surface area contributed by atoms with Gasteiger partial charge in [0.2, 0.25) is 0 Å². The summed E-state index contributed by atoms with van der Waals surface area (Å²) in [6, 6.07) is 6.94. The number of aromatic amines is 1. The lowest BCUT2D eigenvalue weighted by molar-refractivity contribution is -0.139. The summed E-state index contributed by atoms with van der Waals surface area (Å²) in [6.45, 7) is 7.61. The number of phenolic OH excluding ortho intramolecular Hbond substituents is 1. The van der Waals surface area contributed by atoms with Crippen LogP contribution in [-0.4, -0.2) is 48.9 Å². The molecule has 3 heterocycles. The summed E-state index contributed by atoms with van der Waals surface area (Å²) in [4.78, 5) is 0.413. The highest BCUT2D eigenvalue weighted by atomic mass is 19.4. The van der Waals surface area contributed by atoms with E-state index >= 15 is 0 Å². The number of H-pyrrole nitrogens is 1. The molecule has 0 radical (unpaired) electrons. The van der Waals surface area contributed by atoms with Crippen molar-refractivity contribution in [2.75, 3.05) is 4.90 Å². The fourth-order valence-corrected chi connectivity index (χ4v) is 4.91. The number of phenols is 1. The smallest absolute Gasteiger partial charge is 0.486 e. The van der Waals surface area contributed by atoms with Crippen molar-refractivity contribution in [2.45, 2.75) is 64.0 Å². The fraction of sp³-hybridized carbons (Fsp3) is 0.435. The molecule has 10 heteroatoms. The van der Waals surface area contributed by atoms with Gasteiger partial charge in [-0.05, 0) is 70.4 Å². The van der Waals surface area contributed by atoms with Crippen LogP contribution in [0.3, 0.4) is 0 Å². The van der Waals surface area contributed by atoms with Gasteiger partial charge in [-0.25, -0.2) is 0 Å². The topological polar surface area (TPSA) is 90.0 Å². The molecule has 7 nitrogen and oxygen atoms in total. The van der Waals surface area contributed by atoms with E-state index in [-0.39, 0.29) is 17.3 Å². The van der Waals surface area contributed by atoms with Crippen molar-refractivity contribution in [1.29, 1.82) is 0 Å². The molecule has 3 N–H and O–H groups in total. The molecule has 1 aromatic carbocycles. The van der Waals surface area contributed by atoms with Crippen molar-refractivity contribution >= 4 is 5.82 Å². The van der Waals surface area contributed by atoms with Crippen LogP contribution in [0, 0.1) is 0 Å². The number of benzene rings is 1. The lowest BCUT2D eigenvalue weighted by atomic mass is 9.79. The van der Waals surface area contributed by atoms with Crippen LogP contribution in [0.15, 0.2) is 42.7 Å². The van der Waals surface area contributed by atoms with E-state index in [1.165, 1.54) is 12.1 Å². The number of aromatic nitrogens is 4. The standard InChI is InChI=1S/C23H27F3N6O/c1-21(2)10-16(11-22(3,4)31-21)32(23(24,25)26)20-8-7-18(29-30-20)17-6-5-14(9-19(17)33)15-12-27-28-13-15/h5-9,12-13,16,31,33H,10-11H2,1-4H3,(H,27,28). The zero-order valence-electron chi connectivity index (χ0n) is 18.9. The molecule has 1 aliphatic heterocycles. The molecule has 1 saturated heterocycles. The second-order valence-electron chi connectivity index (χ2n) is 9.79. The highest BCUT2D eigenvalue weighted by Crippen LogP contribution is 2.39. The molecule has 176 valence electrons. The molecule has 0 amide bonds. The first kappa shape index (κ1) is 23.0. The lowest BCUT2D eigenvalue weighted by Gasteiger charge is -2.49. The molecule has 0 aliphatic carbocycles. The van der Waals surface area contributed by atoms with E-state index < -0.39 is 23.4 Å². The number of aromatic hydroxyl groups is 1. The van der Waals surface area contributed by atoms with Gasteiger partial charge in [0.15, 0.2) is 5.82 Å². The van der Waals surface area contributed by atoms with E-state index in [1.807, 2.05) is 27.7 Å². The maximum atomic E-state index is 14.2. The minimum absolute atomic E-state index is 0.0507. The minimum Gasteiger partial charge on any atom is -0.507 e. The number of piperidine rings is 1. The molecule has 3 aromatic rings. The summed E-state index contributed by atoms with van der Waals surface area (Å²) in [6.07, 6.45) is -0.694. The Balaban J connectivity index is 1.64. The first-order valence-corrected chi connectivity index (χ1v) is 10.7. The average Bonchev–Trinajstić information content (AvgIpc) is 3.20. The lowest BCUT2D eigenvalue weighted by Crippen LogP contribution is -2.64. The first-order chi connectivity index (χ1) is 15.3. The number of rotatable bonds is 4. The third kappa shape index (κ3) is 4.95. The SMILES string of the molecule is CC1(C)CC(N(c2ccc(-c3ccc(-c4cn[nH]c4)cc3O)nn2)C(F)(F)F)CC(C)(C)N1. The van der Waals surface area contributed by atoms with Gasteiger partial charge in [-0.2, -0.15) is 18.3 Å². The second-order valence-corrected chi connectivity index (χ2v) is 9.79. The third-order valence-electron chi connectivity index (χ3n) is 5.81. The van der Waals surface area contributed by atoms with E-state index in [0.717, 1.165) is 11.1 Å². The van der Waals surface area contributed by atoms with Crippen LogP contribution in [0.4, 0.5) is 19.0 Å². The van der Waals surface area contributed by atoms with Crippen LogP contribution in [0.1, 0.15) is 40.5 Å². The molecule has 1 fully saturated rings. The maximum Gasteiger partial charge on any atom is 0.486 e. The third-order valence-corrected chi connectivity index (χ3v) is 5.81. The molecule has 0 unspecified atom stereocenters. The predicted octanol–water partition coefficient (Wildman–Crippen LogP) is 4.87. The van der Waals surface area contributed by atoms with E-state index in [4.69, 9.17) is 0 Å². The summed E-state index contributed by atoms with van der Waals surface area (Å²) < 4.78 is 42.5. The highest BCUT2D eigenvalue weighted by molar-refractivity contribution is 5.73. The number of alkyl halides is 3. The summed E-state index contributed by atoms with van der Waals surface area (Å²) in [5.74, 6) is -0.315. The Kier molecular flexibility index (Phi) is 5.60. The zero-order valence-corrected chi connectivity index (χ0v) is 18.9. The molecule has 0 spiro atoms. The number of anilines is 1. The molecule has 0 atom stereocenters. The van der Waals surface area contributed by atoms with Gasteiger partial charge >= 0.3 is 6.30 Å². The number of halogens is 3. The van der Waals surface area contributed by atoms with Gasteiger partial charge in [0.1, 0.15) is 5.75 Å². The van der Waals surface area contributed by atoms with Crippen molar-refractivity contribution in [2.24, 2.45) is 0 Å². The van der Waals surface area contributed by atoms with E-state index in [9.17, 15) is 18.3 Å². The Morgan fingerprint density at radius 3 is 2.21 bits per heavy atom. The summed E-state index contributed by atoms with van der Waals surface area (Å²) in [5.41, 5.74) is 1.27. The van der Waals surface area contributed by atoms with E-state index in [2.05, 4.69) is 25.7 Å². The maximum absolute atomic E-state index is 14.2. The molecular formula is C23H27F3N6O. The molecule has 0 bridgehead atoms. The van der Waals surface area contributed by atoms with Crippen molar-refractivity contribution in [3.63, 3.8) is 0 Å². The Morgan fingerprint density at radius 2 is 1.70 bits per heavy atom. The van der Waals surface area contributed by atoms with Crippen LogP contribution in [0.5, 0.6) is 5.75 Å². The van der Waals surface area contributed by atoms with Crippen LogP contribution in [-0.2, 0) is 0 Å². The molecule has 0 saturated carbocycles. The number of hydrogen-bond donors (Lipinski definition) is 3. The van der Waals surface area contributed by atoms with Crippen molar-refractivity contribution in [1.82, 2.24) is 25.7 Å².